The van der Waals surface area contributed by atoms with Crippen molar-refractivity contribution in [3.8, 4) is 0 Å². The minimum absolute atomic E-state index is 0.468. The van der Waals surface area contributed by atoms with Gasteiger partial charge in [0.05, 0.1) is 6.10 Å². The summed E-state index contributed by atoms with van der Waals surface area (Å²) in [6.45, 7) is 4.71. The molecule has 0 radical (unpaired) electrons. The van der Waals surface area contributed by atoms with E-state index in [1.54, 1.807) is 0 Å². The van der Waals surface area contributed by atoms with Gasteiger partial charge in [0.2, 0.25) is 0 Å². The number of rotatable bonds is 3. The van der Waals surface area contributed by atoms with E-state index < -0.39 is 0 Å². The van der Waals surface area contributed by atoms with Crippen LogP contribution >= 0.6 is 0 Å². The van der Waals surface area contributed by atoms with Crippen LogP contribution in [0, 0.1) is 5.92 Å². The maximum atomic E-state index is 5.94. The molecule has 3 nitrogen and oxygen atoms in total. The van der Waals surface area contributed by atoms with Crippen molar-refractivity contribution in [2.24, 2.45) is 5.92 Å². The summed E-state index contributed by atoms with van der Waals surface area (Å²) in [6, 6.07) is 0.768. The van der Waals surface area contributed by atoms with Crippen molar-refractivity contribution < 1.29 is 4.74 Å². The topological polar surface area (TPSA) is 24.5 Å². The smallest absolute Gasteiger partial charge is 0.0703 e. The summed E-state index contributed by atoms with van der Waals surface area (Å²) in [5, 5.41) is 3.91. The number of nitrogens with one attached hydrogen (secondary N) is 1. The van der Waals surface area contributed by atoms with E-state index in [-0.39, 0.29) is 0 Å². The third kappa shape index (κ3) is 2.65. The van der Waals surface area contributed by atoms with E-state index in [0.717, 1.165) is 18.6 Å². The first kappa shape index (κ1) is 13.5. The zero-order chi connectivity index (χ0) is 13.4. The molecule has 0 aromatic carbocycles. The van der Waals surface area contributed by atoms with Gasteiger partial charge in [-0.2, -0.15) is 0 Å². The van der Waals surface area contributed by atoms with E-state index in [0.29, 0.717) is 11.6 Å². The summed E-state index contributed by atoms with van der Waals surface area (Å²) in [6.07, 6.45) is 13.1. The van der Waals surface area contributed by atoms with Gasteiger partial charge in [-0.25, -0.2) is 0 Å². The Morgan fingerprint density at radius 2 is 1.90 bits per heavy atom. The van der Waals surface area contributed by atoms with Crippen molar-refractivity contribution in [1.82, 2.24) is 10.2 Å². The Morgan fingerprint density at radius 3 is 2.60 bits per heavy atom. The molecule has 4 rings (SSSR count). The van der Waals surface area contributed by atoms with Gasteiger partial charge in [-0.3, -0.25) is 4.90 Å². The van der Waals surface area contributed by atoms with Crippen molar-refractivity contribution in [1.29, 1.82) is 0 Å². The van der Waals surface area contributed by atoms with Crippen LogP contribution in [-0.4, -0.2) is 48.8 Å². The Labute approximate surface area is 123 Å². The Kier molecular flexibility index (Phi) is 3.78. The molecule has 1 N–H and O–H groups in total. The lowest BCUT2D eigenvalue weighted by molar-refractivity contribution is -0.0288. The van der Waals surface area contributed by atoms with E-state index in [1.165, 1.54) is 77.4 Å². The quantitative estimate of drug-likeness (QED) is 0.858. The lowest BCUT2D eigenvalue weighted by Crippen LogP contribution is -2.66. The highest BCUT2D eigenvalue weighted by Crippen LogP contribution is 2.40. The fourth-order valence-electron chi connectivity index (χ4n) is 4.75. The first-order valence-electron chi connectivity index (χ1n) is 8.96. The molecule has 2 aliphatic heterocycles. The Morgan fingerprint density at radius 1 is 1.05 bits per heavy atom. The molecule has 0 bridgehead atoms. The minimum atomic E-state index is 0.468. The summed E-state index contributed by atoms with van der Waals surface area (Å²) in [5.74, 6) is 0.975. The largest absolute Gasteiger partial charge is 0.377 e. The highest BCUT2D eigenvalue weighted by molar-refractivity contribution is 5.04. The van der Waals surface area contributed by atoms with Crippen LogP contribution in [-0.2, 0) is 4.74 Å². The number of piperazine rings is 1. The fourth-order valence-corrected chi connectivity index (χ4v) is 4.75. The van der Waals surface area contributed by atoms with Crippen LogP contribution in [0.25, 0.3) is 0 Å². The molecule has 2 saturated carbocycles. The lowest BCUT2D eigenvalue weighted by Gasteiger charge is -2.53. The Hall–Kier alpha value is -0.120. The second-order valence-corrected chi connectivity index (χ2v) is 7.65. The number of nitrogens with zero attached hydrogens (tertiary/aromatic N) is 1. The molecule has 4 fully saturated rings. The molecule has 2 aliphatic carbocycles. The first-order valence-corrected chi connectivity index (χ1v) is 8.96. The molecule has 0 amide bonds. The van der Waals surface area contributed by atoms with Crippen LogP contribution in [0.4, 0.5) is 0 Å². The van der Waals surface area contributed by atoms with E-state index >= 15 is 0 Å². The summed E-state index contributed by atoms with van der Waals surface area (Å²) in [4.78, 5) is 2.86. The molecule has 3 heteroatoms. The number of ether oxygens (including phenoxy) is 1. The van der Waals surface area contributed by atoms with Gasteiger partial charge in [-0.15, -0.1) is 0 Å². The van der Waals surface area contributed by atoms with Crippen LogP contribution in [0.5, 0.6) is 0 Å². The molecular weight excluding hydrogens is 248 g/mol. The second kappa shape index (κ2) is 5.58. The van der Waals surface area contributed by atoms with Gasteiger partial charge in [0, 0.05) is 37.8 Å². The number of hydrogen-bond donors (Lipinski definition) is 1. The van der Waals surface area contributed by atoms with Crippen molar-refractivity contribution in [3.63, 3.8) is 0 Å². The van der Waals surface area contributed by atoms with Crippen LogP contribution in [0.15, 0.2) is 0 Å². The lowest BCUT2D eigenvalue weighted by atomic mass is 9.78. The highest BCUT2D eigenvalue weighted by atomic mass is 16.5. The van der Waals surface area contributed by atoms with E-state index in [2.05, 4.69) is 10.2 Å². The summed E-state index contributed by atoms with van der Waals surface area (Å²) in [5.41, 5.74) is 0.468. The third-order valence-electron chi connectivity index (χ3n) is 6.20. The summed E-state index contributed by atoms with van der Waals surface area (Å²) < 4.78 is 5.94. The molecule has 20 heavy (non-hydrogen) atoms. The monoisotopic (exact) mass is 278 g/mol. The average Bonchev–Trinajstić information content (AvgIpc) is 3.20. The predicted molar refractivity (Wildman–Crippen MR) is 80.9 cm³/mol. The average molecular weight is 278 g/mol. The zero-order valence-electron chi connectivity index (χ0n) is 12.8. The molecular formula is C17H30N2O. The Balaban J connectivity index is 1.47. The van der Waals surface area contributed by atoms with Crippen LogP contribution in [0.2, 0.25) is 0 Å². The summed E-state index contributed by atoms with van der Waals surface area (Å²) in [7, 11) is 0. The van der Waals surface area contributed by atoms with Crippen molar-refractivity contribution in [2.45, 2.75) is 75.5 Å². The number of hydrogen-bond acceptors (Lipinski definition) is 3. The van der Waals surface area contributed by atoms with Gasteiger partial charge in [-0.05, 0) is 44.4 Å². The normalized spacial score (nSPS) is 38.4. The zero-order valence-corrected chi connectivity index (χ0v) is 12.8. The van der Waals surface area contributed by atoms with Crippen LogP contribution in [0.1, 0.15) is 57.8 Å². The molecule has 114 valence electrons. The van der Waals surface area contributed by atoms with Crippen LogP contribution < -0.4 is 5.32 Å². The molecule has 1 spiro atoms. The van der Waals surface area contributed by atoms with Gasteiger partial charge in [0.25, 0.3) is 0 Å². The van der Waals surface area contributed by atoms with E-state index in [1.807, 2.05) is 0 Å². The van der Waals surface area contributed by atoms with Crippen molar-refractivity contribution in [2.75, 3.05) is 26.2 Å². The standard InChI is InChI=1S/C17H30N2O/c1-2-8-17(9-3-1)13-18-16(14-6-7-14)12-19(17)11-15-5-4-10-20-15/h14-16,18H,1-13H2. The second-order valence-electron chi connectivity index (χ2n) is 7.65. The maximum Gasteiger partial charge on any atom is 0.0703 e. The van der Waals surface area contributed by atoms with Crippen molar-refractivity contribution >= 4 is 0 Å². The van der Waals surface area contributed by atoms with Crippen molar-refractivity contribution in [3.05, 3.63) is 0 Å². The molecule has 0 aromatic rings. The molecule has 2 saturated heterocycles. The van der Waals surface area contributed by atoms with Gasteiger partial charge in [0.15, 0.2) is 0 Å². The van der Waals surface area contributed by atoms with Gasteiger partial charge in [-0.1, -0.05) is 19.3 Å². The maximum absolute atomic E-state index is 5.94. The first-order chi connectivity index (χ1) is 9.86. The molecule has 2 unspecified atom stereocenters. The molecule has 2 atom stereocenters. The van der Waals surface area contributed by atoms with Gasteiger partial charge in [0.1, 0.15) is 0 Å². The van der Waals surface area contributed by atoms with E-state index in [9.17, 15) is 0 Å². The SMILES string of the molecule is C1CCC2(CC1)CNC(C1CC1)CN2CC1CCCO1. The predicted octanol–water partition coefficient (Wildman–Crippen LogP) is 2.55. The highest BCUT2D eigenvalue weighted by Gasteiger charge is 2.46. The van der Waals surface area contributed by atoms with Gasteiger partial charge < -0.3 is 10.1 Å². The Bertz CT molecular complexity index is 328. The van der Waals surface area contributed by atoms with Gasteiger partial charge >= 0.3 is 0 Å². The summed E-state index contributed by atoms with van der Waals surface area (Å²) >= 11 is 0. The van der Waals surface area contributed by atoms with Crippen LogP contribution in [0.3, 0.4) is 0 Å². The minimum Gasteiger partial charge on any atom is -0.377 e. The molecule has 0 aromatic heterocycles. The third-order valence-corrected chi connectivity index (χ3v) is 6.20. The molecule has 2 heterocycles. The fraction of sp³-hybridized carbons (Fsp3) is 1.00. The molecule has 4 aliphatic rings. The van der Waals surface area contributed by atoms with E-state index in [4.69, 9.17) is 4.74 Å².